The monoisotopic (exact) mass is 343 g/mol. The second kappa shape index (κ2) is 7.48. The molecule has 3 aliphatic rings. The van der Waals surface area contributed by atoms with Crippen LogP contribution < -0.4 is 10.1 Å². The molecular formula is C20H26FN3O. The summed E-state index contributed by atoms with van der Waals surface area (Å²) >= 11 is 0. The summed E-state index contributed by atoms with van der Waals surface area (Å²) in [6, 6.07) is 7.09. The van der Waals surface area contributed by atoms with Gasteiger partial charge >= 0.3 is 0 Å². The van der Waals surface area contributed by atoms with Crippen molar-refractivity contribution < 1.29 is 9.13 Å². The average molecular weight is 343 g/mol. The molecule has 25 heavy (non-hydrogen) atoms. The topological polar surface area (TPSA) is 27.7 Å². The van der Waals surface area contributed by atoms with Crippen molar-refractivity contribution in [2.45, 2.75) is 31.7 Å². The summed E-state index contributed by atoms with van der Waals surface area (Å²) in [4.78, 5) is 5.11. The van der Waals surface area contributed by atoms with Gasteiger partial charge in [-0.1, -0.05) is 12.5 Å². The van der Waals surface area contributed by atoms with E-state index in [-0.39, 0.29) is 5.82 Å². The van der Waals surface area contributed by atoms with Crippen LogP contribution in [0.1, 0.15) is 25.7 Å². The highest BCUT2D eigenvalue weighted by molar-refractivity contribution is 5.28. The summed E-state index contributed by atoms with van der Waals surface area (Å²) < 4.78 is 19.0. The Morgan fingerprint density at radius 3 is 2.68 bits per heavy atom. The number of nitrogens with one attached hydrogen (secondary N) is 1. The van der Waals surface area contributed by atoms with Crippen LogP contribution in [-0.4, -0.2) is 48.6 Å². The lowest BCUT2D eigenvalue weighted by Gasteiger charge is -2.37. The SMILES string of the molecule is Fc1cccc(OC2=CC=C(N3CCCN(C4CCC4)CC3)NC2)c1. The van der Waals surface area contributed by atoms with Gasteiger partial charge in [0.1, 0.15) is 23.1 Å². The number of nitrogens with zero attached hydrogens (tertiary/aromatic N) is 2. The molecule has 2 heterocycles. The lowest BCUT2D eigenvalue weighted by atomic mass is 9.91. The molecular weight excluding hydrogens is 317 g/mol. The van der Waals surface area contributed by atoms with Crippen molar-refractivity contribution in [3.05, 3.63) is 53.8 Å². The first-order chi connectivity index (χ1) is 12.3. The summed E-state index contributed by atoms with van der Waals surface area (Å²) in [6.45, 7) is 5.17. The molecule has 0 bridgehead atoms. The Bertz CT molecular complexity index is 669. The Balaban J connectivity index is 1.35. The smallest absolute Gasteiger partial charge is 0.129 e. The number of benzene rings is 1. The van der Waals surface area contributed by atoms with Crippen LogP contribution in [0.5, 0.6) is 5.75 Å². The minimum atomic E-state index is -0.279. The third kappa shape index (κ3) is 3.98. The van der Waals surface area contributed by atoms with E-state index in [0.29, 0.717) is 12.3 Å². The molecule has 5 heteroatoms. The summed E-state index contributed by atoms with van der Waals surface area (Å²) in [6.07, 6.45) is 9.44. The highest BCUT2D eigenvalue weighted by Gasteiger charge is 2.27. The fourth-order valence-corrected chi connectivity index (χ4v) is 3.73. The number of rotatable bonds is 4. The second-order valence-electron chi connectivity index (χ2n) is 7.06. The summed E-state index contributed by atoms with van der Waals surface area (Å²) in [5, 5.41) is 3.46. The van der Waals surface area contributed by atoms with Crippen LogP contribution in [0.15, 0.2) is 48.0 Å². The van der Waals surface area contributed by atoms with E-state index in [9.17, 15) is 4.39 Å². The Hall–Kier alpha value is -2.01. The van der Waals surface area contributed by atoms with E-state index in [1.165, 1.54) is 50.2 Å². The fraction of sp³-hybridized carbons (Fsp3) is 0.500. The zero-order chi connectivity index (χ0) is 17.1. The molecule has 1 N–H and O–H groups in total. The number of halogens is 1. The van der Waals surface area contributed by atoms with Crippen LogP contribution >= 0.6 is 0 Å². The first-order valence-electron chi connectivity index (χ1n) is 9.35. The maximum atomic E-state index is 13.2. The Morgan fingerprint density at radius 1 is 1.04 bits per heavy atom. The van der Waals surface area contributed by atoms with Crippen molar-refractivity contribution in [1.82, 2.24) is 15.1 Å². The fourth-order valence-electron chi connectivity index (χ4n) is 3.73. The van der Waals surface area contributed by atoms with E-state index >= 15 is 0 Å². The summed E-state index contributed by atoms with van der Waals surface area (Å²) in [7, 11) is 0. The van der Waals surface area contributed by atoms with Crippen LogP contribution in [0.3, 0.4) is 0 Å². The summed E-state index contributed by atoms with van der Waals surface area (Å²) in [5.74, 6) is 2.23. The predicted molar refractivity (Wildman–Crippen MR) is 96.6 cm³/mol. The zero-order valence-electron chi connectivity index (χ0n) is 14.6. The standard InChI is InChI=1S/C20H26FN3O/c21-16-4-1-7-18(14-16)25-19-8-9-20(22-15-19)24-11-3-10-23(12-13-24)17-5-2-6-17/h1,4,7-9,14,17,22H,2-3,5-6,10-13,15H2. The molecule has 1 aliphatic carbocycles. The molecule has 1 saturated carbocycles. The molecule has 0 atom stereocenters. The molecule has 2 aliphatic heterocycles. The first-order valence-corrected chi connectivity index (χ1v) is 9.35. The van der Waals surface area contributed by atoms with Crippen molar-refractivity contribution in [1.29, 1.82) is 0 Å². The van der Waals surface area contributed by atoms with Gasteiger partial charge in [0.05, 0.1) is 6.54 Å². The number of dihydropyridines is 1. The number of allylic oxidation sites excluding steroid dienone is 2. The van der Waals surface area contributed by atoms with Crippen LogP contribution in [0.4, 0.5) is 4.39 Å². The molecule has 0 unspecified atom stereocenters. The van der Waals surface area contributed by atoms with Gasteiger partial charge in [-0.3, -0.25) is 4.90 Å². The minimum Gasteiger partial charge on any atom is -0.460 e. The van der Waals surface area contributed by atoms with E-state index < -0.39 is 0 Å². The van der Waals surface area contributed by atoms with Gasteiger partial charge in [-0.25, -0.2) is 4.39 Å². The molecule has 4 nitrogen and oxygen atoms in total. The first kappa shape index (κ1) is 16.5. The second-order valence-corrected chi connectivity index (χ2v) is 7.06. The van der Waals surface area contributed by atoms with E-state index in [4.69, 9.17) is 4.74 Å². The quantitative estimate of drug-likeness (QED) is 0.909. The van der Waals surface area contributed by atoms with E-state index in [0.717, 1.165) is 31.4 Å². The maximum Gasteiger partial charge on any atom is 0.129 e. The van der Waals surface area contributed by atoms with Crippen molar-refractivity contribution in [3.63, 3.8) is 0 Å². The van der Waals surface area contributed by atoms with Gasteiger partial charge < -0.3 is 15.0 Å². The Kier molecular flexibility index (Phi) is 4.92. The zero-order valence-corrected chi connectivity index (χ0v) is 14.6. The Morgan fingerprint density at radius 2 is 1.96 bits per heavy atom. The minimum absolute atomic E-state index is 0.279. The van der Waals surface area contributed by atoms with Crippen molar-refractivity contribution in [2.24, 2.45) is 0 Å². The molecule has 1 aromatic rings. The number of hydrogen-bond acceptors (Lipinski definition) is 4. The lowest BCUT2D eigenvalue weighted by Crippen LogP contribution is -2.43. The normalized spacial score (nSPS) is 22.4. The predicted octanol–water partition coefficient (Wildman–Crippen LogP) is 3.09. The molecule has 1 saturated heterocycles. The van der Waals surface area contributed by atoms with Gasteiger partial charge in [-0.05, 0) is 43.5 Å². The van der Waals surface area contributed by atoms with Gasteiger partial charge in [0.25, 0.3) is 0 Å². The third-order valence-corrected chi connectivity index (χ3v) is 5.38. The van der Waals surface area contributed by atoms with Crippen molar-refractivity contribution in [2.75, 3.05) is 32.7 Å². The molecule has 0 amide bonds. The van der Waals surface area contributed by atoms with Crippen molar-refractivity contribution >= 4 is 0 Å². The van der Waals surface area contributed by atoms with Crippen LogP contribution in [0.2, 0.25) is 0 Å². The number of ether oxygens (including phenoxy) is 1. The summed E-state index contributed by atoms with van der Waals surface area (Å²) in [5.41, 5.74) is 0. The third-order valence-electron chi connectivity index (χ3n) is 5.38. The maximum absolute atomic E-state index is 13.2. The van der Waals surface area contributed by atoms with Gasteiger partial charge in [0.15, 0.2) is 0 Å². The molecule has 1 aromatic carbocycles. The van der Waals surface area contributed by atoms with Gasteiger partial charge in [0, 0.05) is 38.3 Å². The van der Waals surface area contributed by atoms with E-state index in [1.807, 2.05) is 6.08 Å². The molecule has 0 spiro atoms. The molecule has 4 rings (SSSR count). The lowest BCUT2D eigenvalue weighted by molar-refractivity contribution is 0.132. The van der Waals surface area contributed by atoms with E-state index in [1.54, 1.807) is 12.1 Å². The van der Waals surface area contributed by atoms with Gasteiger partial charge in [-0.15, -0.1) is 0 Å². The van der Waals surface area contributed by atoms with Crippen molar-refractivity contribution in [3.8, 4) is 5.75 Å². The average Bonchev–Trinajstić information content (AvgIpc) is 2.80. The van der Waals surface area contributed by atoms with E-state index in [2.05, 4.69) is 21.2 Å². The molecule has 0 aromatic heterocycles. The molecule has 2 fully saturated rings. The Labute approximate surface area is 148 Å². The van der Waals surface area contributed by atoms with Crippen LogP contribution in [0, 0.1) is 5.82 Å². The van der Waals surface area contributed by atoms with Crippen LogP contribution in [-0.2, 0) is 0 Å². The highest BCUT2D eigenvalue weighted by atomic mass is 19.1. The van der Waals surface area contributed by atoms with Gasteiger partial charge in [0.2, 0.25) is 0 Å². The highest BCUT2D eigenvalue weighted by Crippen LogP contribution is 2.26. The largest absolute Gasteiger partial charge is 0.460 e. The van der Waals surface area contributed by atoms with Crippen LogP contribution in [0.25, 0.3) is 0 Å². The number of hydrogen-bond donors (Lipinski definition) is 1. The molecule has 0 radical (unpaired) electrons. The molecule has 134 valence electrons. The van der Waals surface area contributed by atoms with Gasteiger partial charge in [-0.2, -0.15) is 0 Å².